The lowest BCUT2D eigenvalue weighted by Crippen LogP contribution is -2.07. The summed E-state index contributed by atoms with van der Waals surface area (Å²) in [5.41, 5.74) is 2.42. The van der Waals surface area contributed by atoms with E-state index in [9.17, 15) is 4.79 Å². The van der Waals surface area contributed by atoms with E-state index in [1.54, 1.807) is 23.6 Å². The number of hydrogen-bond acceptors (Lipinski definition) is 7. The number of hydrogen-bond donors (Lipinski definition) is 0. The van der Waals surface area contributed by atoms with Crippen LogP contribution in [0.5, 0.6) is 0 Å². The fraction of sp³-hybridized carbons (Fsp3) is 0.267. The number of thiazole rings is 2. The van der Waals surface area contributed by atoms with Crippen molar-refractivity contribution < 1.29 is 9.53 Å². The molecule has 2 heterocycles. The molecule has 0 N–H and O–H groups in total. The van der Waals surface area contributed by atoms with Gasteiger partial charge in [-0.05, 0) is 25.1 Å². The zero-order valence-corrected chi connectivity index (χ0v) is 14.1. The number of rotatable bonds is 4. The van der Waals surface area contributed by atoms with Gasteiger partial charge in [0.2, 0.25) is 0 Å². The zero-order valence-electron chi connectivity index (χ0n) is 12.5. The summed E-state index contributed by atoms with van der Waals surface area (Å²) in [5, 5.41) is 3.28. The average Bonchev–Trinajstić information content (AvgIpc) is 3.13. The Labute approximate surface area is 136 Å². The Balaban J connectivity index is 1.95. The quantitative estimate of drug-likeness (QED) is 0.682. The molecule has 2 aromatic heterocycles. The Kier molecular flexibility index (Phi) is 4.08. The minimum Gasteiger partial charge on any atom is -0.461 e. The van der Waals surface area contributed by atoms with Crippen molar-refractivity contribution in [1.29, 1.82) is 0 Å². The number of nitrogens with zero attached hydrogens (tertiary/aromatic N) is 3. The van der Waals surface area contributed by atoms with Gasteiger partial charge in [0.05, 0.1) is 16.8 Å². The molecule has 22 heavy (non-hydrogen) atoms. The Hall–Kier alpha value is -1.99. The Morgan fingerprint density at radius 3 is 2.82 bits per heavy atom. The third-order valence-corrected chi connectivity index (χ3v) is 5.06. The second kappa shape index (κ2) is 6.02. The van der Waals surface area contributed by atoms with Crippen molar-refractivity contribution in [1.82, 2.24) is 9.97 Å². The predicted molar refractivity (Wildman–Crippen MR) is 91.0 cm³/mol. The third kappa shape index (κ3) is 2.82. The smallest absolute Gasteiger partial charge is 0.357 e. The first kappa shape index (κ1) is 14.9. The van der Waals surface area contributed by atoms with E-state index in [1.807, 2.05) is 26.2 Å². The molecule has 0 aliphatic carbocycles. The monoisotopic (exact) mass is 333 g/mol. The Morgan fingerprint density at radius 1 is 1.27 bits per heavy atom. The summed E-state index contributed by atoms with van der Waals surface area (Å²) in [7, 11) is 4.02. The van der Waals surface area contributed by atoms with Gasteiger partial charge in [0, 0.05) is 25.2 Å². The molecule has 1 aromatic carbocycles. The molecular weight excluding hydrogens is 318 g/mol. The van der Waals surface area contributed by atoms with E-state index in [0.29, 0.717) is 12.3 Å². The van der Waals surface area contributed by atoms with Crippen LogP contribution in [-0.2, 0) is 4.74 Å². The molecule has 0 aliphatic rings. The summed E-state index contributed by atoms with van der Waals surface area (Å²) in [5.74, 6) is -0.388. The number of anilines is 1. The topological polar surface area (TPSA) is 55.3 Å². The highest BCUT2D eigenvalue weighted by Gasteiger charge is 2.15. The summed E-state index contributed by atoms with van der Waals surface area (Å²) in [4.78, 5) is 22.7. The lowest BCUT2D eigenvalue weighted by molar-refractivity contribution is 0.0520. The highest BCUT2D eigenvalue weighted by molar-refractivity contribution is 7.25. The van der Waals surface area contributed by atoms with Gasteiger partial charge in [0.1, 0.15) is 0 Å². The van der Waals surface area contributed by atoms with Gasteiger partial charge in [-0.15, -0.1) is 22.7 Å². The average molecular weight is 333 g/mol. The molecule has 0 radical (unpaired) electrons. The fourth-order valence-electron chi connectivity index (χ4n) is 1.95. The van der Waals surface area contributed by atoms with E-state index in [2.05, 4.69) is 20.9 Å². The summed E-state index contributed by atoms with van der Waals surface area (Å²) in [6, 6.07) is 6.15. The van der Waals surface area contributed by atoms with Gasteiger partial charge in [-0.1, -0.05) is 0 Å². The molecule has 0 bridgehead atoms. The number of fused-ring (bicyclic) bond motifs is 1. The fourth-order valence-corrected chi connectivity index (χ4v) is 3.78. The van der Waals surface area contributed by atoms with Crippen LogP contribution in [0.3, 0.4) is 0 Å². The maximum Gasteiger partial charge on any atom is 0.357 e. The molecule has 0 fully saturated rings. The number of carbonyl (C=O) groups excluding carboxylic acids is 1. The minimum atomic E-state index is -0.388. The van der Waals surface area contributed by atoms with Crippen LogP contribution in [0.1, 0.15) is 17.4 Å². The van der Waals surface area contributed by atoms with Crippen LogP contribution in [0.15, 0.2) is 23.6 Å². The van der Waals surface area contributed by atoms with Crippen LogP contribution in [0, 0.1) is 0 Å². The molecule has 3 rings (SSSR count). The molecule has 0 amide bonds. The third-order valence-electron chi connectivity index (χ3n) is 3.06. The molecule has 3 aromatic rings. The van der Waals surface area contributed by atoms with E-state index < -0.39 is 0 Å². The van der Waals surface area contributed by atoms with Gasteiger partial charge in [-0.3, -0.25) is 0 Å². The molecule has 5 nitrogen and oxygen atoms in total. The number of carbonyl (C=O) groups is 1. The van der Waals surface area contributed by atoms with Gasteiger partial charge < -0.3 is 9.64 Å². The van der Waals surface area contributed by atoms with E-state index in [1.165, 1.54) is 11.3 Å². The van der Waals surface area contributed by atoms with Crippen LogP contribution >= 0.6 is 22.7 Å². The number of esters is 1. The molecule has 0 spiro atoms. The van der Waals surface area contributed by atoms with E-state index in [0.717, 1.165) is 25.9 Å². The predicted octanol–water partition coefficient (Wildman–Crippen LogP) is 3.66. The maximum absolute atomic E-state index is 11.7. The Morgan fingerprint density at radius 2 is 2.09 bits per heavy atom. The van der Waals surface area contributed by atoms with E-state index >= 15 is 0 Å². The van der Waals surface area contributed by atoms with Crippen LogP contribution < -0.4 is 4.90 Å². The second-order valence-electron chi connectivity index (χ2n) is 4.82. The number of benzene rings is 1. The highest BCUT2D eigenvalue weighted by Crippen LogP contribution is 2.33. The van der Waals surface area contributed by atoms with Gasteiger partial charge in [-0.25, -0.2) is 14.8 Å². The van der Waals surface area contributed by atoms with Gasteiger partial charge in [-0.2, -0.15) is 0 Å². The second-order valence-corrected chi connectivity index (χ2v) is 6.71. The number of ether oxygens (including phenoxy) is 1. The lowest BCUT2D eigenvalue weighted by atomic mass is 10.3. The van der Waals surface area contributed by atoms with Crippen LogP contribution in [-0.4, -0.2) is 36.6 Å². The molecule has 0 aliphatic heterocycles. The summed E-state index contributed by atoms with van der Waals surface area (Å²) in [6.45, 7) is 2.13. The summed E-state index contributed by atoms with van der Waals surface area (Å²) in [6.07, 6.45) is 0. The van der Waals surface area contributed by atoms with Crippen molar-refractivity contribution in [3.05, 3.63) is 29.3 Å². The minimum absolute atomic E-state index is 0.343. The Bertz CT molecular complexity index is 823. The normalized spacial score (nSPS) is 10.9. The van der Waals surface area contributed by atoms with Crippen LogP contribution in [0.4, 0.5) is 5.69 Å². The molecule has 0 saturated heterocycles. The summed E-state index contributed by atoms with van der Waals surface area (Å²) >= 11 is 2.99. The van der Waals surface area contributed by atoms with Crippen molar-refractivity contribution in [2.75, 3.05) is 25.6 Å². The van der Waals surface area contributed by atoms with Gasteiger partial charge in [0.15, 0.2) is 15.7 Å². The van der Waals surface area contributed by atoms with Crippen molar-refractivity contribution in [2.24, 2.45) is 0 Å². The van der Waals surface area contributed by atoms with Crippen LogP contribution in [0.2, 0.25) is 0 Å². The first-order valence-corrected chi connectivity index (χ1v) is 8.49. The van der Waals surface area contributed by atoms with Crippen molar-refractivity contribution in [3.8, 4) is 10.0 Å². The zero-order chi connectivity index (χ0) is 15.7. The van der Waals surface area contributed by atoms with E-state index in [-0.39, 0.29) is 5.97 Å². The van der Waals surface area contributed by atoms with Crippen molar-refractivity contribution in [2.45, 2.75) is 6.92 Å². The molecule has 0 unspecified atom stereocenters. The molecule has 7 heteroatoms. The number of aromatic nitrogens is 2. The van der Waals surface area contributed by atoms with Crippen LogP contribution in [0.25, 0.3) is 20.2 Å². The SMILES string of the molecule is CCOC(=O)c1csc(-c2nc3ccc(N(C)C)cc3s2)n1. The standard InChI is InChI=1S/C15H15N3O2S2/c1-4-20-15(19)11-8-21-13(17-11)14-16-10-6-5-9(18(2)3)7-12(10)22-14/h5-8H,4H2,1-3H3. The molecular formula is C15H15N3O2S2. The largest absolute Gasteiger partial charge is 0.461 e. The highest BCUT2D eigenvalue weighted by atomic mass is 32.1. The summed E-state index contributed by atoms with van der Waals surface area (Å²) < 4.78 is 6.07. The molecule has 0 atom stereocenters. The molecule has 114 valence electrons. The maximum atomic E-state index is 11.7. The van der Waals surface area contributed by atoms with Gasteiger partial charge >= 0.3 is 5.97 Å². The lowest BCUT2D eigenvalue weighted by Gasteiger charge is -2.11. The van der Waals surface area contributed by atoms with Crippen molar-refractivity contribution in [3.63, 3.8) is 0 Å². The molecule has 0 saturated carbocycles. The van der Waals surface area contributed by atoms with Gasteiger partial charge in [0.25, 0.3) is 0 Å². The first-order valence-electron chi connectivity index (χ1n) is 6.79. The first-order chi connectivity index (χ1) is 10.6. The van der Waals surface area contributed by atoms with E-state index in [4.69, 9.17) is 4.74 Å². The van der Waals surface area contributed by atoms with Crippen molar-refractivity contribution >= 4 is 44.5 Å².